The Balaban J connectivity index is 2.02. The van der Waals surface area contributed by atoms with Crippen LogP contribution in [0.4, 0.5) is 0 Å². The minimum absolute atomic E-state index is 0.407. The van der Waals surface area contributed by atoms with Crippen LogP contribution in [0, 0.1) is 13.8 Å². The van der Waals surface area contributed by atoms with Crippen LogP contribution >= 0.6 is 11.6 Å². The number of likely N-dealkylation sites (N-methyl/N-ethyl adjacent to an activating group) is 1. The third kappa shape index (κ3) is 3.86. The van der Waals surface area contributed by atoms with Gasteiger partial charge in [-0.3, -0.25) is 4.68 Å². The highest BCUT2D eigenvalue weighted by molar-refractivity contribution is 6.30. The Bertz CT molecular complexity index is 604. The normalized spacial score (nSPS) is 12.6. The Labute approximate surface area is 132 Å². The molecule has 4 heteroatoms. The average Bonchev–Trinajstić information content (AvgIpc) is 2.70. The number of hydrogen-bond donors (Lipinski definition) is 1. The third-order valence-corrected chi connectivity index (χ3v) is 4.62. The van der Waals surface area contributed by atoms with Gasteiger partial charge in [-0.25, -0.2) is 0 Å². The van der Waals surface area contributed by atoms with Crippen molar-refractivity contribution in [2.24, 2.45) is 7.05 Å². The quantitative estimate of drug-likeness (QED) is 0.886. The van der Waals surface area contributed by atoms with Gasteiger partial charge >= 0.3 is 0 Å². The summed E-state index contributed by atoms with van der Waals surface area (Å²) in [6, 6.07) is 8.99. The maximum absolute atomic E-state index is 6.33. The summed E-state index contributed by atoms with van der Waals surface area (Å²) in [6.07, 6.45) is 3.09. The van der Waals surface area contributed by atoms with Gasteiger partial charge in [0.1, 0.15) is 5.15 Å². The summed E-state index contributed by atoms with van der Waals surface area (Å²) in [4.78, 5) is 0. The van der Waals surface area contributed by atoms with Crippen LogP contribution in [0.15, 0.2) is 24.3 Å². The average molecular weight is 306 g/mol. The summed E-state index contributed by atoms with van der Waals surface area (Å²) in [7, 11) is 3.91. The van der Waals surface area contributed by atoms with Gasteiger partial charge in [0.2, 0.25) is 0 Å². The lowest BCUT2D eigenvalue weighted by molar-refractivity contribution is 0.519. The van der Waals surface area contributed by atoms with Crippen LogP contribution < -0.4 is 5.32 Å². The van der Waals surface area contributed by atoms with Crippen LogP contribution in [0.1, 0.15) is 28.8 Å². The minimum atomic E-state index is 0.407. The van der Waals surface area contributed by atoms with E-state index in [9.17, 15) is 0 Å². The number of nitrogens with zero attached hydrogens (tertiary/aromatic N) is 2. The highest BCUT2D eigenvalue weighted by Gasteiger charge is 2.16. The monoisotopic (exact) mass is 305 g/mol. The molecule has 0 aliphatic rings. The molecule has 2 rings (SSSR count). The van der Waals surface area contributed by atoms with Gasteiger partial charge in [0.15, 0.2) is 0 Å². The van der Waals surface area contributed by atoms with Gasteiger partial charge in [-0.1, -0.05) is 35.9 Å². The molecule has 0 aliphatic heterocycles. The summed E-state index contributed by atoms with van der Waals surface area (Å²) < 4.78 is 1.75. The highest BCUT2D eigenvalue weighted by Crippen LogP contribution is 2.21. The van der Waals surface area contributed by atoms with Crippen molar-refractivity contribution < 1.29 is 0 Å². The van der Waals surface area contributed by atoms with Gasteiger partial charge in [0, 0.05) is 18.7 Å². The molecule has 0 aliphatic carbocycles. The van der Waals surface area contributed by atoms with Crippen molar-refractivity contribution in [1.29, 1.82) is 0 Å². The molecule has 1 aromatic heterocycles. The highest BCUT2D eigenvalue weighted by atomic mass is 35.5. The Morgan fingerprint density at radius 1 is 1.29 bits per heavy atom. The molecule has 0 saturated heterocycles. The van der Waals surface area contributed by atoms with Crippen molar-refractivity contribution in [2.75, 3.05) is 7.05 Å². The van der Waals surface area contributed by atoms with E-state index < -0.39 is 0 Å². The molecule has 0 amide bonds. The van der Waals surface area contributed by atoms with Crippen molar-refractivity contribution in [3.63, 3.8) is 0 Å². The zero-order valence-electron chi connectivity index (χ0n) is 13.3. The SMILES string of the molecule is CNC(CCc1ccccc1C)Cc1c(C)nn(C)c1Cl. The predicted molar refractivity (Wildman–Crippen MR) is 89.0 cm³/mol. The fraction of sp³-hybridized carbons (Fsp3) is 0.471. The predicted octanol–water partition coefficient (Wildman–Crippen LogP) is 3.45. The fourth-order valence-corrected chi connectivity index (χ4v) is 2.97. The van der Waals surface area contributed by atoms with Crippen LogP contribution in [0.3, 0.4) is 0 Å². The second-order valence-corrected chi connectivity index (χ2v) is 5.99. The molecule has 0 radical (unpaired) electrons. The van der Waals surface area contributed by atoms with E-state index in [1.807, 2.05) is 21.0 Å². The van der Waals surface area contributed by atoms with Crippen molar-refractivity contribution in [3.8, 4) is 0 Å². The van der Waals surface area contributed by atoms with E-state index in [1.54, 1.807) is 4.68 Å². The van der Waals surface area contributed by atoms with Crippen LogP contribution in [0.2, 0.25) is 5.15 Å². The lowest BCUT2D eigenvalue weighted by Crippen LogP contribution is -2.28. The Hall–Kier alpha value is -1.32. The van der Waals surface area contributed by atoms with Gasteiger partial charge in [-0.05, 0) is 51.3 Å². The minimum Gasteiger partial charge on any atom is -0.317 e. The maximum Gasteiger partial charge on any atom is 0.130 e. The second-order valence-electron chi connectivity index (χ2n) is 5.63. The standard InChI is InChI=1S/C17H24ClN3/c1-12-7-5-6-8-14(12)9-10-15(19-3)11-16-13(2)20-21(4)17(16)18/h5-8,15,19H,9-11H2,1-4H3. The van der Waals surface area contributed by atoms with Gasteiger partial charge in [0.05, 0.1) is 5.69 Å². The molecule has 0 bridgehead atoms. The Morgan fingerprint density at radius 2 is 2.00 bits per heavy atom. The molecular formula is C17H24ClN3. The molecule has 1 atom stereocenters. The molecule has 1 unspecified atom stereocenters. The molecule has 1 N–H and O–H groups in total. The van der Waals surface area contributed by atoms with Crippen molar-refractivity contribution in [3.05, 3.63) is 51.8 Å². The number of rotatable bonds is 6. The van der Waals surface area contributed by atoms with E-state index in [0.717, 1.165) is 35.7 Å². The smallest absolute Gasteiger partial charge is 0.130 e. The largest absolute Gasteiger partial charge is 0.317 e. The number of halogens is 1. The Kier molecular flexibility index (Phi) is 5.43. The zero-order valence-corrected chi connectivity index (χ0v) is 14.0. The van der Waals surface area contributed by atoms with E-state index >= 15 is 0 Å². The summed E-state index contributed by atoms with van der Waals surface area (Å²) in [6.45, 7) is 4.20. The van der Waals surface area contributed by atoms with E-state index in [0.29, 0.717) is 6.04 Å². The van der Waals surface area contributed by atoms with Crippen molar-refractivity contribution in [1.82, 2.24) is 15.1 Å². The molecule has 1 aromatic carbocycles. The lowest BCUT2D eigenvalue weighted by atomic mass is 9.97. The van der Waals surface area contributed by atoms with Crippen molar-refractivity contribution >= 4 is 11.6 Å². The molecule has 0 fully saturated rings. The van der Waals surface area contributed by atoms with Crippen LogP contribution in [0.5, 0.6) is 0 Å². The summed E-state index contributed by atoms with van der Waals surface area (Å²) in [5.74, 6) is 0. The zero-order chi connectivity index (χ0) is 15.4. The van der Waals surface area contributed by atoms with E-state index in [-0.39, 0.29) is 0 Å². The van der Waals surface area contributed by atoms with Gasteiger partial charge in [-0.15, -0.1) is 0 Å². The number of benzene rings is 1. The van der Waals surface area contributed by atoms with Crippen molar-refractivity contribution in [2.45, 2.75) is 39.2 Å². The molecular weight excluding hydrogens is 282 g/mol. The molecule has 21 heavy (non-hydrogen) atoms. The molecule has 114 valence electrons. The van der Waals surface area contributed by atoms with Gasteiger partial charge in [-0.2, -0.15) is 5.10 Å². The first-order chi connectivity index (χ1) is 10.0. The molecule has 0 spiro atoms. The first-order valence-electron chi connectivity index (χ1n) is 7.42. The van der Waals surface area contributed by atoms with Crippen LogP contribution in [-0.2, 0) is 19.9 Å². The molecule has 1 heterocycles. The Morgan fingerprint density at radius 3 is 2.57 bits per heavy atom. The lowest BCUT2D eigenvalue weighted by Gasteiger charge is -2.17. The van der Waals surface area contributed by atoms with Crippen LogP contribution in [0.25, 0.3) is 0 Å². The number of aryl methyl sites for hydroxylation is 4. The third-order valence-electron chi connectivity index (χ3n) is 4.15. The van der Waals surface area contributed by atoms with Gasteiger partial charge in [0.25, 0.3) is 0 Å². The maximum atomic E-state index is 6.33. The fourth-order valence-electron chi connectivity index (χ4n) is 2.72. The first-order valence-corrected chi connectivity index (χ1v) is 7.80. The number of aromatic nitrogens is 2. The molecule has 0 saturated carbocycles. The van der Waals surface area contributed by atoms with E-state index in [2.05, 4.69) is 41.6 Å². The van der Waals surface area contributed by atoms with E-state index in [1.165, 1.54) is 11.1 Å². The number of nitrogens with one attached hydrogen (secondary N) is 1. The summed E-state index contributed by atoms with van der Waals surface area (Å²) in [5.41, 5.74) is 4.97. The van der Waals surface area contributed by atoms with Gasteiger partial charge < -0.3 is 5.32 Å². The first kappa shape index (κ1) is 16.1. The molecule has 2 aromatic rings. The molecule has 3 nitrogen and oxygen atoms in total. The second kappa shape index (κ2) is 7.10. The van der Waals surface area contributed by atoms with E-state index in [4.69, 9.17) is 11.6 Å². The topological polar surface area (TPSA) is 29.9 Å². The summed E-state index contributed by atoms with van der Waals surface area (Å²) >= 11 is 6.33. The van der Waals surface area contributed by atoms with Crippen LogP contribution in [-0.4, -0.2) is 22.9 Å². The number of hydrogen-bond acceptors (Lipinski definition) is 2. The summed E-state index contributed by atoms with van der Waals surface area (Å²) in [5, 5.41) is 8.55.